The van der Waals surface area contributed by atoms with E-state index < -0.39 is 30.9 Å². The smallest absolute Gasteiger partial charge is 0.334 e. The first-order valence-corrected chi connectivity index (χ1v) is 14.0. The lowest BCUT2D eigenvalue weighted by molar-refractivity contribution is -0.195. The van der Waals surface area contributed by atoms with Crippen molar-refractivity contribution < 1.29 is 23.9 Å². The predicted octanol–water partition coefficient (Wildman–Crippen LogP) is 3.42. The van der Waals surface area contributed by atoms with E-state index in [9.17, 15) is 23.9 Å². The topological polar surface area (TPSA) is 109 Å². The number of pyridine rings is 1. The molecule has 0 radical (unpaired) electrons. The van der Waals surface area contributed by atoms with Gasteiger partial charge in [-0.3, -0.25) is 14.6 Å². The lowest BCUT2D eigenvalue weighted by Crippen LogP contribution is -2.76. The third-order valence-corrected chi connectivity index (χ3v) is 7.87. The second kappa shape index (κ2) is 12.1. The van der Waals surface area contributed by atoms with E-state index in [1.54, 1.807) is 23.2 Å². The highest BCUT2D eigenvalue weighted by molar-refractivity contribution is 5.92. The predicted molar refractivity (Wildman–Crippen MR) is 157 cm³/mol. The zero-order chi connectivity index (χ0) is 29.9. The molecule has 11 heteroatoms. The fraction of sp³-hybridized carbons (Fsp3) is 0.250. The summed E-state index contributed by atoms with van der Waals surface area (Å²) in [5.74, 6) is -0.643. The standard InChI is InChI=1S/C32H31FN6O4/c33-21-37-20-30(41)38-28(16-22-9-12-26(40)13-10-22)31(42)36(18-24-8-11-25-7-4-14-34-27(25)15-24)19-29(38)39(37)32(43)35-17-23-5-2-1-3-6-23/h1-15,28-29,40H,16-21H2,(H,35,43)/t28-,29-/m0/s1. The van der Waals surface area contributed by atoms with E-state index >= 15 is 0 Å². The number of amides is 4. The summed E-state index contributed by atoms with van der Waals surface area (Å²) in [7, 11) is 0. The number of urea groups is 1. The monoisotopic (exact) mass is 582 g/mol. The third-order valence-electron chi connectivity index (χ3n) is 7.87. The van der Waals surface area contributed by atoms with Gasteiger partial charge in [0, 0.05) is 31.1 Å². The van der Waals surface area contributed by atoms with Gasteiger partial charge in [-0.15, -0.1) is 0 Å². The molecule has 2 N–H and O–H groups in total. The molecular weight excluding hydrogens is 551 g/mol. The van der Waals surface area contributed by atoms with Crippen LogP contribution < -0.4 is 5.32 Å². The molecule has 220 valence electrons. The van der Waals surface area contributed by atoms with Crippen LogP contribution in [-0.4, -0.2) is 79.8 Å². The van der Waals surface area contributed by atoms with Gasteiger partial charge in [-0.25, -0.2) is 14.2 Å². The van der Waals surface area contributed by atoms with E-state index in [2.05, 4.69) is 10.3 Å². The van der Waals surface area contributed by atoms with E-state index in [0.717, 1.165) is 32.6 Å². The maximum atomic E-state index is 14.4. The number of phenols is 1. The van der Waals surface area contributed by atoms with Gasteiger partial charge in [0.1, 0.15) is 24.5 Å². The van der Waals surface area contributed by atoms with Gasteiger partial charge in [-0.05, 0) is 41.0 Å². The molecule has 2 fully saturated rings. The molecule has 2 aliphatic rings. The van der Waals surface area contributed by atoms with Crippen molar-refractivity contribution in [3.05, 3.63) is 108 Å². The summed E-state index contributed by atoms with van der Waals surface area (Å²) < 4.78 is 14.4. The highest BCUT2D eigenvalue weighted by Gasteiger charge is 2.51. The summed E-state index contributed by atoms with van der Waals surface area (Å²) >= 11 is 0. The van der Waals surface area contributed by atoms with Gasteiger partial charge in [-0.1, -0.05) is 60.7 Å². The van der Waals surface area contributed by atoms with Crippen LogP contribution >= 0.6 is 0 Å². The van der Waals surface area contributed by atoms with E-state index in [0.29, 0.717) is 0 Å². The average molecular weight is 583 g/mol. The average Bonchev–Trinajstić information content (AvgIpc) is 3.03. The van der Waals surface area contributed by atoms with Crippen molar-refractivity contribution in [3.63, 3.8) is 0 Å². The van der Waals surface area contributed by atoms with Crippen LogP contribution in [0.5, 0.6) is 5.75 Å². The van der Waals surface area contributed by atoms with Crippen LogP contribution in [0, 0.1) is 0 Å². The molecule has 6 rings (SSSR count). The molecule has 1 aromatic heterocycles. The Hall–Kier alpha value is -5.03. The van der Waals surface area contributed by atoms with Crippen LogP contribution in [0.2, 0.25) is 0 Å². The van der Waals surface area contributed by atoms with Gasteiger partial charge >= 0.3 is 6.03 Å². The minimum absolute atomic E-state index is 0.00777. The van der Waals surface area contributed by atoms with Crippen molar-refractivity contribution in [2.75, 3.05) is 19.9 Å². The SMILES string of the molecule is O=C1[C@H](Cc2ccc(O)cc2)N2C(=O)CN(CF)N(C(=O)NCc3ccccc3)[C@H]2CN1Cc1ccc2cccnc2c1. The number of nitrogens with zero attached hydrogens (tertiary/aromatic N) is 5. The lowest BCUT2D eigenvalue weighted by atomic mass is 9.98. The van der Waals surface area contributed by atoms with Crippen molar-refractivity contribution in [1.29, 1.82) is 0 Å². The molecule has 3 heterocycles. The molecule has 3 aromatic carbocycles. The summed E-state index contributed by atoms with van der Waals surface area (Å²) in [5.41, 5.74) is 3.21. The van der Waals surface area contributed by atoms with Crippen molar-refractivity contribution >= 4 is 28.7 Å². The molecule has 2 atom stereocenters. The molecule has 0 unspecified atom stereocenters. The van der Waals surface area contributed by atoms with Crippen molar-refractivity contribution in [2.45, 2.75) is 31.7 Å². The molecule has 2 aliphatic heterocycles. The number of piperazine rings is 1. The molecule has 0 saturated carbocycles. The molecule has 10 nitrogen and oxygen atoms in total. The number of phenolic OH excluding ortho intramolecular Hbond substituents is 1. The number of rotatable bonds is 7. The fourth-order valence-corrected chi connectivity index (χ4v) is 5.78. The number of nitrogens with one attached hydrogen (secondary N) is 1. The number of carbonyl (C=O) groups is 3. The number of aromatic nitrogens is 1. The number of carbonyl (C=O) groups excluding carboxylic acids is 3. The maximum absolute atomic E-state index is 14.4. The Morgan fingerprint density at radius 2 is 1.72 bits per heavy atom. The molecule has 43 heavy (non-hydrogen) atoms. The van der Waals surface area contributed by atoms with E-state index in [1.165, 1.54) is 22.0 Å². The molecule has 4 amide bonds. The largest absolute Gasteiger partial charge is 0.508 e. The van der Waals surface area contributed by atoms with E-state index in [-0.39, 0.29) is 44.3 Å². The maximum Gasteiger partial charge on any atom is 0.334 e. The Labute approximate surface area is 247 Å². The number of hydrogen-bond acceptors (Lipinski definition) is 6. The molecular formula is C32H31FN6O4. The van der Waals surface area contributed by atoms with Gasteiger partial charge < -0.3 is 20.2 Å². The number of alkyl halides is 1. The number of benzene rings is 3. The molecule has 0 aliphatic carbocycles. The molecule has 4 aromatic rings. The first-order valence-electron chi connectivity index (χ1n) is 14.0. The first-order chi connectivity index (χ1) is 20.9. The van der Waals surface area contributed by atoms with Crippen LogP contribution in [0.4, 0.5) is 9.18 Å². The minimum atomic E-state index is -1.05. The van der Waals surface area contributed by atoms with Gasteiger partial charge in [0.05, 0.1) is 12.1 Å². The van der Waals surface area contributed by atoms with E-state index in [4.69, 9.17) is 0 Å². The summed E-state index contributed by atoms with van der Waals surface area (Å²) in [4.78, 5) is 48.6. The normalized spacial score (nSPS) is 19.0. The van der Waals surface area contributed by atoms with Gasteiger partial charge in [0.15, 0.2) is 6.80 Å². The Morgan fingerprint density at radius 1 is 0.953 bits per heavy atom. The third kappa shape index (κ3) is 5.84. The molecule has 2 saturated heterocycles. The van der Waals surface area contributed by atoms with Crippen molar-refractivity contribution in [1.82, 2.24) is 30.1 Å². The van der Waals surface area contributed by atoms with Gasteiger partial charge in [0.2, 0.25) is 11.8 Å². The lowest BCUT2D eigenvalue weighted by Gasteiger charge is -2.54. The number of fused-ring (bicyclic) bond motifs is 2. The van der Waals surface area contributed by atoms with Gasteiger partial charge in [-0.2, -0.15) is 5.01 Å². The van der Waals surface area contributed by atoms with Crippen LogP contribution in [-0.2, 0) is 29.1 Å². The fourth-order valence-electron chi connectivity index (χ4n) is 5.78. The van der Waals surface area contributed by atoms with E-state index in [1.807, 2.05) is 60.7 Å². The van der Waals surface area contributed by atoms with Crippen LogP contribution in [0.1, 0.15) is 16.7 Å². The van der Waals surface area contributed by atoms with Crippen molar-refractivity contribution in [2.24, 2.45) is 0 Å². The Balaban J connectivity index is 1.34. The summed E-state index contributed by atoms with van der Waals surface area (Å²) in [6.07, 6.45) is 0.923. The summed E-state index contributed by atoms with van der Waals surface area (Å²) in [6, 6.07) is 23.8. The summed E-state index contributed by atoms with van der Waals surface area (Å²) in [6.45, 7) is -1.03. The van der Waals surface area contributed by atoms with Crippen LogP contribution in [0.25, 0.3) is 10.9 Å². The minimum Gasteiger partial charge on any atom is -0.508 e. The van der Waals surface area contributed by atoms with Crippen LogP contribution in [0.15, 0.2) is 91.1 Å². The number of hydrazine groups is 1. The number of aromatic hydroxyl groups is 1. The Kier molecular flexibility index (Phi) is 7.89. The van der Waals surface area contributed by atoms with Crippen LogP contribution in [0.3, 0.4) is 0 Å². The quantitative estimate of drug-likeness (QED) is 0.324. The Morgan fingerprint density at radius 3 is 2.49 bits per heavy atom. The Bertz CT molecular complexity index is 1640. The highest BCUT2D eigenvalue weighted by Crippen LogP contribution is 2.30. The molecule has 0 spiro atoms. The van der Waals surface area contributed by atoms with Crippen molar-refractivity contribution in [3.8, 4) is 5.75 Å². The zero-order valence-corrected chi connectivity index (χ0v) is 23.3. The first kappa shape index (κ1) is 28.1. The second-order valence-electron chi connectivity index (χ2n) is 10.7. The molecule has 0 bridgehead atoms. The highest BCUT2D eigenvalue weighted by atomic mass is 19.1. The summed E-state index contributed by atoms with van der Waals surface area (Å²) in [5, 5.41) is 15.9. The second-order valence-corrected chi connectivity index (χ2v) is 10.7. The number of halogens is 1. The number of hydrogen-bond donors (Lipinski definition) is 2. The zero-order valence-electron chi connectivity index (χ0n) is 23.3. The van der Waals surface area contributed by atoms with Gasteiger partial charge in [0.25, 0.3) is 0 Å².